The molecular weight excluding hydrogens is 300 g/mol. The van der Waals surface area contributed by atoms with Crippen LogP contribution in [0.2, 0.25) is 0 Å². The molecule has 2 aromatic rings. The predicted octanol–water partition coefficient (Wildman–Crippen LogP) is 3.13. The number of likely N-dealkylation sites (tertiary alicyclic amines) is 2. The van der Waals surface area contributed by atoms with E-state index in [1.54, 1.807) is 0 Å². The van der Waals surface area contributed by atoms with E-state index >= 15 is 0 Å². The molecule has 2 saturated heterocycles. The molecule has 3 heterocycles. The van der Waals surface area contributed by atoms with Crippen molar-refractivity contribution in [2.45, 2.75) is 19.3 Å². The summed E-state index contributed by atoms with van der Waals surface area (Å²) >= 11 is 0. The Kier molecular flexibility index (Phi) is 4.19. The second kappa shape index (κ2) is 6.48. The third-order valence-corrected chi connectivity index (χ3v) is 5.43. The number of amides is 2. The first-order chi connectivity index (χ1) is 11.7. The van der Waals surface area contributed by atoms with E-state index in [0.29, 0.717) is 5.92 Å². The highest BCUT2D eigenvalue weighted by molar-refractivity contribution is 5.93. The SMILES string of the molecule is Cn1ccc2ccc(NC(=O)N3CCC(CN4CCCC4)C3)cc21. The highest BCUT2D eigenvalue weighted by Crippen LogP contribution is 2.23. The molecule has 128 valence electrons. The lowest BCUT2D eigenvalue weighted by atomic mass is 10.1. The average molecular weight is 326 g/mol. The van der Waals surface area contributed by atoms with Crippen molar-refractivity contribution in [3.8, 4) is 0 Å². The molecule has 1 atom stereocenters. The summed E-state index contributed by atoms with van der Waals surface area (Å²) in [4.78, 5) is 17.1. The van der Waals surface area contributed by atoms with Crippen LogP contribution >= 0.6 is 0 Å². The molecule has 2 amide bonds. The quantitative estimate of drug-likeness (QED) is 0.941. The first kappa shape index (κ1) is 15.5. The Morgan fingerprint density at radius 1 is 1.21 bits per heavy atom. The fourth-order valence-electron chi connectivity index (χ4n) is 4.04. The summed E-state index contributed by atoms with van der Waals surface area (Å²) in [6.45, 7) is 5.38. The number of carbonyl (C=O) groups excluding carboxylic acids is 1. The van der Waals surface area contributed by atoms with Crippen molar-refractivity contribution in [3.63, 3.8) is 0 Å². The number of nitrogens with one attached hydrogen (secondary N) is 1. The van der Waals surface area contributed by atoms with Crippen molar-refractivity contribution in [1.29, 1.82) is 0 Å². The van der Waals surface area contributed by atoms with Crippen LogP contribution in [0.3, 0.4) is 0 Å². The van der Waals surface area contributed by atoms with Gasteiger partial charge in [-0.2, -0.15) is 0 Å². The van der Waals surface area contributed by atoms with Gasteiger partial charge in [-0.25, -0.2) is 4.79 Å². The van der Waals surface area contributed by atoms with Crippen molar-refractivity contribution in [2.75, 3.05) is 38.0 Å². The molecule has 1 aromatic heterocycles. The van der Waals surface area contributed by atoms with Crippen LogP contribution in [-0.4, -0.2) is 53.1 Å². The molecule has 5 nitrogen and oxygen atoms in total. The number of nitrogens with zero attached hydrogens (tertiary/aromatic N) is 3. The van der Waals surface area contributed by atoms with Crippen molar-refractivity contribution in [2.24, 2.45) is 13.0 Å². The minimum atomic E-state index is 0.0347. The van der Waals surface area contributed by atoms with E-state index in [2.05, 4.69) is 26.9 Å². The zero-order valence-corrected chi connectivity index (χ0v) is 14.4. The minimum Gasteiger partial charge on any atom is -0.350 e. The number of aromatic nitrogens is 1. The monoisotopic (exact) mass is 326 g/mol. The average Bonchev–Trinajstić information content (AvgIpc) is 3.31. The van der Waals surface area contributed by atoms with Gasteiger partial charge >= 0.3 is 6.03 Å². The molecule has 0 saturated carbocycles. The zero-order chi connectivity index (χ0) is 16.5. The molecule has 1 N–H and O–H groups in total. The molecule has 24 heavy (non-hydrogen) atoms. The molecule has 2 aliphatic rings. The third kappa shape index (κ3) is 3.13. The van der Waals surface area contributed by atoms with Crippen molar-refractivity contribution < 1.29 is 4.79 Å². The molecule has 1 unspecified atom stereocenters. The minimum absolute atomic E-state index is 0.0347. The highest BCUT2D eigenvalue weighted by atomic mass is 16.2. The molecule has 0 spiro atoms. The first-order valence-corrected chi connectivity index (χ1v) is 9.02. The van der Waals surface area contributed by atoms with Gasteiger partial charge in [0, 0.05) is 44.1 Å². The van der Waals surface area contributed by atoms with Gasteiger partial charge in [0.25, 0.3) is 0 Å². The predicted molar refractivity (Wildman–Crippen MR) is 97.3 cm³/mol. The van der Waals surface area contributed by atoms with Crippen molar-refractivity contribution in [1.82, 2.24) is 14.4 Å². The van der Waals surface area contributed by atoms with E-state index < -0.39 is 0 Å². The fraction of sp³-hybridized carbons (Fsp3) is 0.526. The third-order valence-electron chi connectivity index (χ3n) is 5.43. The summed E-state index contributed by atoms with van der Waals surface area (Å²) < 4.78 is 2.08. The molecule has 0 radical (unpaired) electrons. The summed E-state index contributed by atoms with van der Waals surface area (Å²) in [6.07, 6.45) is 5.83. The number of hydrogen-bond donors (Lipinski definition) is 1. The van der Waals surface area contributed by atoms with Gasteiger partial charge in [-0.15, -0.1) is 0 Å². The Balaban J connectivity index is 1.36. The van der Waals surface area contributed by atoms with E-state index in [4.69, 9.17) is 0 Å². The standard InChI is InChI=1S/C19H26N4O/c1-21-10-7-16-4-5-17(12-18(16)21)20-19(24)23-11-6-15(14-23)13-22-8-2-3-9-22/h4-5,7,10,12,15H,2-3,6,8-9,11,13-14H2,1H3,(H,20,24). The topological polar surface area (TPSA) is 40.5 Å². The van der Waals surface area contributed by atoms with E-state index in [9.17, 15) is 4.79 Å². The Labute approximate surface area is 143 Å². The molecular formula is C19H26N4O. The van der Waals surface area contributed by atoms with Crippen LogP contribution in [0.15, 0.2) is 30.5 Å². The number of benzene rings is 1. The summed E-state index contributed by atoms with van der Waals surface area (Å²) in [5.74, 6) is 0.629. The maximum Gasteiger partial charge on any atom is 0.321 e. The maximum absolute atomic E-state index is 12.6. The number of carbonyl (C=O) groups is 1. The van der Waals surface area contributed by atoms with Gasteiger partial charge in [0.2, 0.25) is 0 Å². The second-order valence-electron chi connectivity index (χ2n) is 7.24. The van der Waals surface area contributed by atoms with Crippen LogP contribution in [0.1, 0.15) is 19.3 Å². The van der Waals surface area contributed by atoms with Crippen LogP contribution in [0.5, 0.6) is 0 Å². The lowest BCUT2D eigenvalue weighted by Crippen LogP contribution is -2.34. The van der Waals surface area contributed by atoms with Gasteiger partial charge in [-0.05, 0) is 61.9 Å². The smallest absolute Gasteiger partial charge is 0.321 e. The molecule has 0 aliphatic carbocycles. The molecule has 1 aromatic carbocycles. The van der Waals surface area contributed by atoms with E-state index in [-0.39, 0.29) is 6.03 Å². The second-order valence-corrected chi connectivity index (χ2v) is 7.24. The number of rotatable bonds is 3. The summed E-state index contributed by atoms with van der Waals surface area (Å²) in [5, 5.41) is 4.26. The largest absolute Gasteiger partial charge is 0.350 e. The Morgan fingerprint density at radius 3 is 2.88 bits per heavy atom. The fourth-order valence-corrected chi connectivity index (χ4v) is 4.04. The summed E-state index contributed by atoms with van der Waals surface area (Å²) in [7, 11) is 2.03. The lowest BCUT2D eigenvalue weighted by Gasteiger charge is -2.21. The Morgan fingerprint density at radius 2 is 2.04 bits per heavy atom. The maximum atomic E-state index is 12.6. The number of hydrogen-bond acceptors (Lipinski definition) is 2. The molecule has 0 bridgehead atoms. The number of fused-ring (bicyclic) bond motifs is 1. The molecule has 5 heteroatoms. The lowest BCUT2D eigenvalue weighted by molar-refractivity contribution is 0.217. The zero-order valence-electron chi connectivity index (χ0n) is 14.4. The number of urea groups is 1. The molecule has 2 aliphatic heterocycles. The highest BCUT2D eigenvalue weighted by Gasteiger charge is 2.28. The van der Waals surface area contributed by atoms with Crippen molar-refractivity contribution in [3.05, 3.63) is 30.5 Å². The van der Waals surface area contributed by atoms with Gasteiger partial charge < -0.3 is 19.7 Å². The van der Waals surface area contributed by atoms with Gasteiger partial charge in [0.1, 0.15) is 0 Å². The number of anilines is 1. The van der Waals surface area contributed by atoms with Gasteiger partial charge in [-0.3, -0.25) is 0 Å². The first-order valence-electron chi connectivity index (χ1n) is 9.02. The Bertz CT molecular complexity index is 732. The van der Waals surface area contributed by atoms with Crippen LogP contribution in [0.4, 0.5) is 10.5 Å². The van der Waals surface area contributed by atoms with E-state index in [1.807, 2.05) is 30.3 Å². The van der Waals surface area contributed by atoms with Crippen LogP contribution in [-0.2, 0) is 7.05 Å². The molecule has 4 rings (SSSR count). The van der Waals surface area contributed by atoms with Gasteiger partial charge in [0.05, 0.1) is 0 Å². The Hall–Kier alpha value is -2.01. The molecule has 2 fully saturated rings. The van der Waals surface area contributed by atoms with Crippen LogP contribution in [0, 0.1) is 5.92 Å². The van der Waals surface area contributed by atoms with Crippen LogP contribution < -0.4 is 5.32 Å². The van der Waals surface area contributed by atoms with Crippen molar-refractivity contribution >= 4 is 22.6 Å². The van der Waals surface area contributed by atoms with Gasteiger partial charge in [-0.1, -0.05) is 6.07 Å². The van der Waals surface area contributed by atoms with Gasteiger partial charge in [0.15, 0.2) is 0 Å². The number of aryl methyl sites for hydroxylation is 1. The normalized spacial score (nSPS) is 21.7. The van der Waals surface area contributed by atoms with E-state index in [1.165, 1.54) is 31.3 Å². The summed E-state index contributed by atoms with van der Waals surface area (Å²) in [6, 6.07) is 8.21. The van der Waals surface area contributed by atoms with Crippen LogP contribution in [0.25, 0.3) is 10.9 Å². The van der Waals surface area contributed by atoms with E-state index in [0.717, 1.165) is 37.3 Å². The summed E-state index contributed by atoms with van der Waals surface area (Å²) in [5.41, 5.74) is 2.01.